The van der Waals surface area contributed by atoms with Gasteiger partial charge in [-0.15, -0.1) is 0 Å². The fourth-order valence-electron chi connectivity index (χ4n) is 1.06. The van der Waals surface area contributed by atoms with Crippen molar-refractivity contribution in [2.24, 2.45) is 0 Å². The van der Waals surface area contributed by atoms with E-state index in [1.807, 2.05) is 25.1 Å². The summed E-state index contributed by atoms with van der Waals surface area (Å²) < 4.78 is 0. The van der Waals surface area contributed by atoms with Crippen LogP contribution in [0.2, 0.25) is 0 Å². The van der Waals surface area contributed by atoms with Gasteiger partial charge in [-0.25, -0.2) is 0 Å². The van der Waals surface area contributed by atoms with Crippen molar-refractivity contribution in [2.75, 3.05) is 0 Å². The molecule has 0 bridgehead atoms. The Labute approximate surface area is 72.5 Å². The van der Waals surface area contributed by atoms with Crippen LogP contribution in [0.25, 0.3) is 0 Å². The van der Waals surface area contributed by atoms with E-state index in [0.717, 1.165) is 17.5 Å². The number of thiol groups is 1. The standard InChI is InChI=1S/C9H12OS/c1-2-7-4-3-5-8(6-11)9(7)10/h3-5,10-11H,2,6H2,1H3. The Balaban J connectivity index is 3.10. The van der Waals surface area contributed by atoms with Gasteiger partial charge in [-0.3, -0.25) is 0 Å². The van der Waals surface area contributed by atoms with Crippen molar-refractivity contribution in [1.29, 1.82) is 0 Å². The van der Waals surface area contributed by atoms with E-state index in [1.54, 1.807) is 0 Å². The molecule has 1 aromatic rings. The number of rotatable bonds is 2. The molecule has 0 aliphatic rings. The zero-order valence-electron chi connectivity index (χ0n) is 6.54. The fraction of sp³-hybridized carbons (Fsp3) is 0.333. The van der Waals surface area contributed by atoms with Gasteiger partial charge < -0.3 is 5.11 Å². The van der Waals surface area contributed by atoms with Crippen molar-refractivity contribution in [3.63, 3.8) is 0 Å². The molecule has 0 fully saturated rings. The molecule has 0 atom stereocenters. The van der Waals surface area contributed by atoms with Gasteiger partial charge in [-0.05, 0) is 12.0 Å². The molecule has 1 aromatic carbocycles. The lowest BCUT2D eigenvalue weighted by Gasteiger charge is -2.04. The first-order valence-corrected chi connectivity index (χ1v) is 4.33. The number of phenolic OH excluding ortho intramolecular Hbond substituents is 1. The zero-order valence-corrected chi connectivity index (χ0v) is 7.44. The van der Waals surface area contributed by atoms with E-state index < -0.39 is 0 Å². The molecule has 1 rings (SSSR count). The largest absolute Gasteiger partial charge is 0.507 e. The minimum atomic E-state index is 0.407. The Hall–Kier alpha value is -0.630. The molecule has 0 aliphatic carbocycles. The summed E-state index contributed by atoms with van der Waals surface area (Å²) in [6, 6.07) is 5.77. The van der Waals surface area contributed by atoms with Crippen LogP contribution in [0.3, 0.4) is 0 Å². The lowest BCUT2D eigenvalue weighted by atomic mass is 10.1. The third-order valence-corrected chi connectivity index (χ3v) is 2.10. The first-order valence-electron chi connectivity index (χ1n) is 3.70. The lowest BCUT2D eigenvalue weighted by molar-refractivity contribution is 0.464. The first kappa shape index (κ1) is 8.47. The Morgan fingerprint density at radius 1 is 1.36 bits per heavy atom. The van der Waals surface area contributed by atoms with Crippen LogP contribution in [0, 0.1) is 0 Å². The van der Waals surface area contributed by atoms with E-state index in [2.05, 4.69) is 12.6 Å². The summed E-state index contributed by atoms with van der Waals surface area (Å²) in [5.74, 6) is 1.00. The molecule has 1 N–H and O–H groups in total. The van der Waals surface area contributed by atoms with Crippen LogP contribution in [0.1, 0.15) is 18.1 Å². The zero-order chi connectivity index (χ0) is 8.27. The highest BCUT2D eigenvalue weighted by Gasteiger charge is 2.02. The average molecular weight is 168 g/mol. The molecule has 0 amide bonds. The molecule has 1 nitrogen and oxygen atoms in total. The second kappa shape index (κ2) is 3.67. The van der Waals surface area contributed by atoms with Gasteiger partial charge in [0, 0.05) is 11.3 Å². The Kier molecular flexibility index (Phi) is 2.83. The second-order valence-electron chi connectivity index (χ2n) is 2.44. The SMILES string of the molecule is CCc1cccc(CS)c1O. The van der Waals surface area contributed by atoms with Crippen molar-refractivity contribution in [1.82, 2.24) is 0 Å². The molecule has 0 spiro atoms. The predicted molar refractivity (Wildman–Crippen MR) is 50.2 cm³/mol. The van der Waals surface area contributed by atoms with Crippen molar-refractivity contribution in [2.45, 2.75) is 19.1 Å². The van der Waals surface area contributed by atoms with Crippen molar-refractivity contribution >= 4 is 12.6 Å². The molecule has 11 heavy (non-hydrogen) atoms. The van der Waals surface area contributed by atoms with Crippen LogP contribution >= 0.6 is 12.6 Å². The molecule has 2 heteroatoms. The monoisotopic (exact) mass is 168 g/mol. The minimum Gasteiger partial charge on any atom is -0.507 e. The molecule has 0 saturated carbocycles. The summed E-state index contributed by atoms with van der Waals surface area (Å²) in [5.41, 5.74) is 1.91. The third kappa shape index (κ3) is 1.69. The maximum Gasteiger partial charge on any atom is 0.122 e. The lowest BCUT2D eigenvalue weighted by Crippen LogP contribution is -1.85. The average Bonchev–Trinajstić information content (AvgIpc) is 2.05. The minimum absolute atomic E-state index is 0.407. The Morgan fingerprint density at radius 3 is 2.55 bits per heavy atom. The van der Waals surface area contributed by atoms with Crippen LogP contribution in [0.5, 0.6) is 5.75 Å². The van der Waals surface area contributed by atoms with Gasteiger partial charge in [-0.1, -0.05) is 25.1 Å². The van der Waals surface area contributed by atoms with Crippen LogP contribution in [-0.2, 0) is 12.2 Å². The molecule has 0 aliphatic heterocycles. The van der Waals surface area contributed by atoms with Crippen LogP contribution in [0.4, 0.5) is 0 Å². The maximum atomic E-state index is 9.54. The predicted octanol–water partition coefficient (Wildman–Crippen LogP) is 2.38. The van der Waals surface area contributed by atoms with E-state index in [4.69, 9.17) is 0 Å². The van der Waals surface area contributed by atoms with E-state index in [-0.39, 0.29) is 0 Å². The van der Waals surface area contributed by atoms with Crippen molar-refractivity contribution in [3.8, 4) is 5.75 Å². The number of aryl methyl sites for hydroxylation is 1. The number of benzene rings is 1. The van der Waals surface area contributed by atoms with Gasteiger partial charge in [0.1, 0.15) is 5.75 Å². The third-order valence-electron chi connectivity index (χ3n) is 1.75. The highest BCUT2D eigenvalue weighted by molar-refractivity contribution is 7.79. The second-order valence-corrected chi connectivity index (χ2v) is 2.75. The van der Waals surface area contributed by atoms with Crippen LogP contribution in [-0.4, -0.2) is 5.11 Å². The molecule has 0 heterocycles. The molecule has 60 valence electrons. The number of hydrogen-bond donors (Lipinski definition) is 2. The van der Waals surface area contributed by atoms with E-state index in [9.17, 15) is 5.11 Å². The molecular formula is C9H12OS. The topological polar surface area (TPSA) is 20.2 Å². The Morgan fingerprint density at radius 2 is 2.00 bits per heavy atom. The quantitative estimate of drug-likeness (QED) is 0.650. The van der Waals surface area contributed by atoms with Gasteiger partial charge in [0.15, 0.2) is 0 Å². The van der Waals surface area contributed by atoms with E-state index in [1.165, 1.54) is 0 Å². The molecule has 0 radical (unpaired) electrons. The number of para-hydroxylation sites is 1. The van der Waals surface area contributed by atoms with Gasteiger partial charge in [0.2, 0.25) is 0 Å². The summed E-state index contributed by atoms with van der Waals surface area (Å²) in [4.78, 5) is 0. The molecule has 0 unspecified atom stereocenters. The Bertz CT molecular complexity index is 223. The summed E-state index contributed by atoms with van der Waals surface area (Å²) in [5, 5.41) is 9.54. The summed E-state index contributed by atoms with van der Waals surface area (Å²) in [6.07, 6.45) is 0.869. The highest BCUT2D eigenvalue weighted by Crippen LogP contribution is 2.23. The fourth-order valence-corrected chi connectivity index (χ4v) is 1.31. The summed E-state index contributed by atoms with van der Waals surface area (Å²) in [6.45, 7) is 2.03. The van der Waals surface area contributed by atoms with Crippen LogP contribution < -0.4 is 0 Å². The van der Waals surface area contributed by atoms with E-state index in [0.29, 0.717) is 11.5 Å². The summed E-state index contributed by atoms with van der Waals surface area (Å²) in [7, 11) is 0. The summed E-state index contributed by atoms with van der Waals surface area (Å²) >= 11 is 4.11. The number of hydrogen-bond acceptors (Lipinski definition) is 2. The molecule has 0 aromatic heterocycles. The van der Waals surface area contributed by atoms with E-state index >= 15 is 0 Å². The normalized spacial score (nSPS) is 10.0. The number of phenols is 1. The van der Waals surface area contributed by atoms with Crippen LogP contribution in [0.15, 0.2) is 18.2 Å². The molecule has 0 saturated heterocycles. The van der Waals surface area contributed by atoms with Gasteiger partial charge in [0.25, 0.3) is 0 Å². The van der Waals surface area contributed by atoms with Crippen molar-refractivity contribution in [3.05, 3.63) is 29.3 Å². The van der Waals surface area contributed by atoms with Crippen molar-refractivity contribution < 1.29 is 5.11 Å². The maximum absolute atomic E-state index is 9.54. The number of aromatic hydroxyl groups is 1. The first-order chi connectivity index (χ1) is 5.29. The highest BCUT2D eigenvalue weighted by atomic mass is 32.1. The van der Waals surface area contributed by atoms with Gasteiger partial charge in [0.05, 0.1) is 0 Å². The smallest absolute Gasteiger partial charge is 0.122 e. The van der Waals surface area contributed by atoms with Gasteiger partial charge >= 0.3 is 0 Å². The van der Waals surface area contributed by atoms with Gasteiger partial charge in [-0.2, -0.15) is 12.6 Å². The molecular weight excluding hydrogens is 156 g/mol.